The monoisotopic (exact) mass is 478 g/mol. The fourth-order valence-electron chi connectivity index (χ4n) is 3.44. The number of rotatable bonds is 6. The lowest BCUT2D eigenvalue weighted by molar-refractivity contribution is 0.277. The van der Waals surface area contributed by atoms with E-state index in [0.29, 0.717) is 39.0 Å². The first-order valence-electron chi connectivity index (χ1n) is 10.1. The van der Waals surface area contributed by atoms with E-state index in [4.69, 9.17) is 21.1 Å². The van der Waals surface area contributed by atoms with E-state index in [9.17, 15) is 4.79 Å². The Hall–Kier alpha value is -3.62. The van der Waals surface area contributed by atoms with Crippen molar-refractivity contribution in [3.63, 3.8) is 0 Å². The highest BCUT2D eigenvalue weighted by atomic mass is 35.5. The number of aryl methyl sites for hydroxylation is 1. The van der Waals surface area contributed by atoms with Crippen LogP contribution in [0.5, 0.6) is 11.5 Å². The van der Waals surface area contributed by atoms with E-state index in [0.717, 1.165) is 16.3 Å². The minimum Gasteiger partial charge on any atom is -0.493 e. The van der Waals surface area contributed by atoms with Gasteiger partial charge in [-0.2, -0.15) is 0 Å². The average Bonchev–Trinajstić information content (AvgIpc) is 3.45. The van der Waals surface area contributed by atoms with Crippen LogP contribution in [-0.4, -0.2) is 26.2 Å². The molecule has 3 heterocycles. The Bertz CT molecular complexity index is 1500. The van der Waals surface area contributed by atoms with Crippen molar-refractivity contribution in [1.29, 1.82) is 0 Å². The Balaban J connectivity index is 1.48. The van der Waals surface area contributed by atoms with Crippen LogP contribution in [0.1, 0.15) is 5.69 Å². The summed E-state index contributed by atoms with van der Waals surface area (Å²) in [7, 11) is 3.48. The summed E-state index contributed by atoms with van der Waals surface area (Å²) in [6.07, 6.45) is 5.20. The second-order valence-corrected chi connectivity index (χ2v) is 8.79. The van der Waals surface area contributed by atoms with Crippen molar-refractivity contribution in [3.05, 3.63) is 88.3 Å². The van der Waals surface area contributed by atoms with Crippen LogP contribution in [0.3, 0.4) is 0 Å². The van der Waals surface area contributed by atoms with Crippen LogP contribution >= 0.6 is 22.9 Å². The van der Waals surface area contributed by atoms with Crippen LogP contribution in [0.15, 0.2) is 72.0 Å². The zero-order valence-corrected chi connectivity index (χ0v) is 19.4. The normalized spacial score (nSPS) is 11.1. The second-order valence-electron chi connectivity index (χ2n) is 7.35. The standard InChI is InChI=1S/C24H19ClN4O3S/c1-28-14-26-12-18(28)13-32-20-8-7-17(11-21(20)31-2)29-10-9-19-22(24(29)30)33-23(27-19)15-3-5-16(25)6-4-15/h3-12,14H,13H2,1-2H3. The minimum absolute atomic E-state index is 0.143. The lowest BCUT2D eigenvalue weighted by Crippen LogP contribution is -2.16. The van der Waals surface area contributed by atoms with Gasteiger partial charge in [0, 0.05) is 29.9 Å². The molecule has 0 spiro atoms. The van der Waals surface area contributed by atoms with Gasteiger partial charge in [0.25, 0.3) is 5.56 Å². The van der Waals surface area contributed by atoms with E-state index >= 15 is 0 Å². The van der Waals surface area contributed by atoms with E-state index in [-0.39, 0.29) is 5.56 Å². The predicted octanol–water partition coefficient (Wildman–Crippen LogP) is 5.09. The number of aromatic nitrogens is 4. The Morgan fingerprint density at radius 3 is 2.64 bits per heavy atom. The quantitative estimate of drug-likeness (QED) is 0.340. The number of nitrogens with zero attached hydrogens (tertiary/aromatic N) is 4. The highest BCUT2D eigenvalue weighted by Crippen LogP contribution is 2.32. The number of fused-ring (bicyclic) bond motifs is 1. The number of pyridine rings is 1. The summed E-state index contributed by atoms with van der Waals surface area (Å²) in [6, 6.07) is 14.7. The summed E-state index contributed by atoms with van der Waals surface area (Å²) in [6.45, 7) is 0.354. The molecule has 9 heteroatoms. The molecule has 0 radical (unpaired) electrons. The molecule has 3 aromatic heterocycles. The van der Waals surface area contributed by atoms with Gasteiger partial charge < -0.3 is 14.0 Å². The van der Waals surface area contributed by atoms with Crippen LogP contribution in [-0.2, 0) is 13.7 Å². The molecule has 0 saturated heterocycles. The summed E-state index contributed by atoms with van der Waals surface area (Å²) >= 11 is 7.35. The van der Waals surface area contributed by atoms with Crippen molar-refractivity contribution in [2.75, 3.05) is 7.11 Å². The lowest BCUT2D eigenvalue weighted by Gasteiger charge is -2.13. The molecular weight excluding hydrogens is 460 g/mol. The molecule has 0 atom stereocenters. The fourth-order valence-corrected chi connectivity index (χ4v) is 4.56. The highest BCUT2D eigenvalue weighted by molar-refractivity contribution is 7.21. The molecule has 0 aliphatic heterocycles. The van der Waals surface area contributed by atoms with E-state index in [1.807, 2.05) is 48.0 Å². The minimum atomic E-state index is -0.143. The number of imidazole rings is 1. The van der Waals surface area contributed by atoms with Gasteiger partial charge in [0.15, 0.2) is 11.5 Å². The molecule has 2 aromatic carbocycles. The van der Waals surface area contributed by atoms with Gasteiger partial charge in [0.1, 0.15) is 16.3 Å². The third-order valence-electron chi connectivity index (χ3n) is 5.26. The van der Waals surface area contributed by atoms with Gasteiger partial charge in [0.2, 0.25) is 0 Å². The van der Waals surface area contributed by atoms with Crippen molar-refractivity contribution in [2.45, 2.75) is 6.61 Å². The number of hydrogen-bond donors (Lipinski definition) is 0. The molecular formula is C24H19ClN4O3S. The first kappa shape index (κ1) is 21.2. The van der Waals surface area contributed by atoms with Gasteiger partial charge in [-0.1, -0.05) is 23.7 Å². The molecule has 0 unspecified atom stereocenters. The maximum Gasteiger partial charge on any atom is 0.274 e. The van der Waals surface area contributed by atoms with Gasteiger partial charge in [-0.15, -0.1) is 11.3 Å². The summed E-state index contributed by atoms with van der Waals surface area (Å²) in [5.41, 5.74) is 3.05. The Morgan fingerprint density at radius 1 is 1.09 bits per heavy atom. The van der Waals surface area contributed by atoms with Gasteiger partial charge in [-0.3, -0.25) is 9.36 Å². The van der Waals surface area contributed by atoms with Crippen molar-refractivity contribution in [2.24, 2.45) is 7.05 Å². The molecule has 5 rings (SSSR count). The molecule has 0 aliphatic rings. The molecule has 0 saturated carbocycles. The summed E-state index contributed by atoms with van der Waals surface area (Å²) in [5, 5.41) is 1.43. The summed E-state index contributed by atoms with van der Waals surface area (Å²) in [5.74, 6) is 1.12. The van der Waals surface area contributed by atoms with Crippen molar-refractivity contribution < 1.29 is 9.47 Å². The van der Waals surface area contributed by atoms with E-state index in [1.54, 1.807) is 42.5 Å². The number of benzene rings is 2. The summed E-state index contributed by atoms with van der Waals surface area (Å²) < 4.78 is 15.5. The second kappa shape index (κ2) is 8.73. The van der Waals surface area contributed by atoms with Gasteiger partial charge >= 0.3 is 0 Å². The van der Waals surface area contributed by atoms with Crippen LogP contribution in [0, 0.1) is 0 Å². The molecule has 5 aromatic rings. The number of hydrogen-bond acceptors (Lipinski definition) is 6. The van der Waals surface area contributed by atoms with Crippen molar-refractivity contribution >= 4 is 33.2 Å². The lowest BCUT2D eigenvalue weighted by atomic mass is 10.2. The number of ether oxygens (including phenoxy) is 2. The molecule has 166 valence electrons. The maximum absolute atomic E-state index is 13.3. The summed E-state index contributed by atoms with van der Waals surface area (Å²) in [4.78, 5) is 22.0. The smallest absolute Gasteiger partial charge is 0.274 e. The Kier molecular flexibility index (Phi) is 5.62. The highest BCUT2D eigenvalue weighted by Gasteiger charge is 2.14. The molecule has 7 nitrogen and oxygen atoms in total. The molecule has 0 N–H and O–H groups in total. The van der Waals surface area contributed by atoms with E-state index in [2.05, 4.69) is 9.97 Å². The molecule has 0 amide bonds. The number of halogens is 1. The predicted molar refractivity (Wildman–Crippen MR) is 130 cm³/mol. The van der Waals surface area contributed by atoms with Gasteiger partial charge in [-0.25, -0.2) is 9.97 Å². The molecule has 0 bridgehead atoms. The van der Waals surface area contributed by atoms with Crippen LogP contribution in [0.4, 0.5) is 0 Å². The topological polar surface area (TPSA) is 71.2 Å². The fraction of sp³-hybridized carbons (Fsp3) is 0.125. The van der Waals surface area contributed by atoms with E-state index < -0.39 is 0 Å². The van der Waals surface area contributed by atoms with Gasteiger partial charge in [0.05, 0.1) is 36.5 Å². The molecule has 0 aliphatic carbocycles. The van der Waals surface area contributed by atoms with Crippen LogP contribution < -0.4 is 15.0 Å². The third-order valence-corrected chi connectivity index (χ3v) is 6.62. The van der Waals surface area contributed by atoms with Crippen LogP contribution in [0.2, 0.25) is 5.02 Å². The Morgan fingerprint density at radius 2 is 1.91 bits per heavy atom. The SMILES string of the molecule is COc1cc(-n2ccc3nc(-c4ccc(Cl)cc4)sc3c2=O)ccc1OCc1cncn1C. The zero-order valence-electron chi connectivity index (χ0n) is 17.9. The van der Waals surface area contributed by atoms with Crippen LogP contribution in [0.25, 0.3) is 26.5 Å². The largest absolute Gasteiger partial charge is 0.493 e. The Labute approximate surface area is 198 Å². The molecule has 0 fully saturated rings. The van der Waals surface area contributed by atoms with Crippen molar-refractivity contribution in [1.82, 2.24) is 19.1 Å². The maximum atomic E-state index is 13.3. The third kappa shape index (κ3) is 4.10. The average molecular weight is 479 g/mol. The zero-order chi connectivity index (χ0) is 22.9. The number of methoxy groups -OCH3 is 1. The number of thiazole rings is 1. The van der Waals surface area contributed by atoms with E-state index in [1.165, 1.54) is 11.3 Å². The first-order valence-corrected chi connectivity index (χ1v) is 11.3. The first-order chi connectivity index (χ1) is 16.0. The van der Waals surface area contributed by atoms with Crippen molar-refractivity contribution in [3.8, 4) is 27.8 Å². The van der Waals surface area contributed by atoms with Gasteiger partial charge in [-0.05, 0) is 30.3 Å². The molecule has 33 heavy (non-hydrogen) atoms.